The number of carbonyl (C=O) groups is 1. The third kappa shape index (κ3) is 5.45. The number of halogens is 7. The molecule has 0 aliphatic heterocycles. The molecule has 0 spiro atoms. The molecule has 0 saturated carbocycles. The normalized spacial score (nSPS) is 12.3. The Morgan fingerprint density at radius 2 is 1.69 bits per heavy atom. The van der Waals surface area contributed by atoms with Crippen molar-refractivity contribution in [1.29, 1.82) is 0 Å². The Labute approximate surface area is 204 Å². The van der Waals surface area contributed by atoms with E-state index in [9.17, 15) is 31.1 Å². The zero-order chi connectivity index (χ0) is 26.3. The van der Waals surface area contributed by atoms with Gasteiger partial charge in [0.15, 0.2) is 22.7 Å². The Morgan fingerprint density at radius 1 is 1.00 bits per heavy atom. The predicted molar refractivity (Wildman–Crippen MR) is 117 cm³/mol. The van der Waals surface area contributed by atoms with Crippen molar-refractivity contribution >= 4 is 23.2 Å². The molecule has 4 rings (SSSR count). The fourth-order valence-electron chi connectivity index (χ4n) is 3.45. The van der Waals surface area contributed by atoms with E-state index in [1.54, 1.807) is 0 Å². The Balaban J connectivity index is 1.50. The third-order valence-corrected chi connectivity index (χ3v) is 5.45. The molecule has 0 bridgehead atoms. The highest BCUT2D eigenvalue weighted by Gasteiger charge is 2.36. The SMILES string of the molecule is Cc1cc(C(F)(F)F)nn1CCCNC(=O)c1cc2nc(-c3ccc(Cl)cc3)cc(C(F)(F)F)n2n1. The summed E-state index contributed by atoms with van der Waals surface area (Å²) in [5.74, 6) is -0.755. The van der Waals surface area contributed by atoms with Gasteiger partial charge in [-0.15, -0.1) is 0 Å². The van der Waals surface area contributed by atoms with Crippen LogP contribution < -0.4 is 5.32 Å². The van der Waals surface area contributed by atoms with Gasteiger partial charge in [-0.2, -0.15) is 36.5 Å². The summed E-state index contributed by atoms with van der Waals surface area (Å²) < 4.78 is 81.2. The molecule has 0 radical (unpaired) electrons. The average Bonchev–Trinajstić information content (AvgIpc) is 3.39. The highest BCUT2D eigenvalue weighted by atomic mass is 35.5. The molecule has 0 saturated heterocycles. The molecule has 3 heterocycles. The smallest absolute Gasteiger partial charge is 0.351 e. The highest BCUT2D eigenvalue weighted by Crippen LogP contribution is 2.32. The Bertz CT molecular complexity index is 1410. The van der Waals surface area contributed by atoms with Crippen molar-refractivity contribution in [1.82, 2.24) is 29.7 Å². The van der Waals surface area contributed by atoms with Crippen LogP contribution in [0.25, 0.3) is 16.9 Å². The monoisotopic (exact) mass is 530 g/mol. The predicted octanol–water partition coefficient (Wildman–Crippen LogP) is 5.41. The number of alkyl halides is 6. The Hall–Kier alpha value is -3.61. The largest absolute Gasteiger partial charge is 0.435 e. The lowest BCUT2D eigenvalue weighted by molar-refractivity contribution is -0.143. The molecular formula is C22H17ClF6N6O. The van der Waals surface area contributed by atoms with Crippen molar-refractivity contribution in [3.8, 4) is 11.3 Å². The maximum atomic E-state index is 13.7. The van der Waals surface area contributed by atoms with Crippen LogP contribution in [0.1, 0.15) is 34.0 Å². The van der Waals surface area contributed by atoms with Gasteiger partial charge >= 0.3 is 12.4 Å². The maximum Gasteiger partial charge on any atom is 0.435 e. The van der Waals surface area contributed by atoms with Gasteiger partial charge in [0.2, 0.25) is 0 Å². The number of rotatable bonds is 6. The number of amides is 1. The lowest BCUT2D eigenvalue weighted by Crippen LogP contribution is -2.26. The highest BCUT2D eigenvalue weighted by molar-refractivity contribution is 6.30. The minimum Gasteiger partial charge on any atom is -0.351 e. The van der Waals surface area contributed by atoms with Gasteiger partial charge in [-0.1, -0.05) is 23.7 Å². The average molecular weight is 531 g/mol. The second kappa shape index (κ2) is 9.45. The van der Waals surface area contributed by atoms with Crippen molar-refractivity contribution in [2.24, 2.45) is 0 Å². The van der Waals surface area contributed by atoms with Crippen LogP contribution in [-0.4, -0.2) is 36.8 Å². The Kier molecular flexibility index (Phi) is 6.69. The van der Waals surface area contributed by atoms with Gasteiger partial charge in [-0.25, -0.2) is 9.50 Å². The van der Waals surface area contributed by atoms with Crippen LogP contribution in [-0.2, 0) is 18.9 Å². The molecule has 0 aliphatic rings. The zero-order valence-electron chi connectivity index (χ0n) is 18.5. The molecule has 36 heavy (non-hydrogen) atoms. The molecule has 1 aromatic carbocycles. The first kappa shape index (κ1) is 25.5. The fourth-order valence-corrected chi connectivity index (χ4v) is 3.58. The number of carbonyl (C=O) groups excluding carboxylic acids is 1. The second-order valence-corrected chi connectivity index (χ2v) is 8.27. The molecule has 0 atom stereocenters. The van der Waals surface area contributed by atoms with E-state index in [0.29, 0.717) is 20.8 Å². The van der Waals surface area contributed by atoms with Crippen LogP contribution >= 0.6 is 11.6 Å². The van der Waals surface area contributed by atoms with Gasteiger partial charge in [0.05, 0.1) is 5.69 Å². The number of nitrogens with zero attached hydrogens (tertiary/aromatic N) is 5. The van der Waals surface area contributed by atoms with Crippen molar-refractivity contribution in [2.45, 2.75) is 32.2 Å². The fraction of sp³-hybridized carbons (Fsp3) is 0.273. The van der Waals surface area contributed by atoms with Gasteiger partial charge in [0.25, 0.3) is 5.91 Å². The number of hydrogen-bond donors (Lipinski definition) is 1. The molecule has 190 valence electrons. The molecule has 0 unspecified atom stereocenters. The van der Waals surface area contributed by atoms with Crippen LogP contribution in [0.4, 0.5) is 26.3 Å². The van der Waals surface area contributed by atoms with Crippen molar-refractivity contribution in [3.05, 3.63) is 70.3 Å². The first-order chi connectivity index (χ1) is 16.8. The molecule has 4 aromatic rings. The van der Waals surface area contributed by atoms with E-state index < -0.39 is 29.6 Å². The molecular weight excluding hydrogens is 514 g/mol. The quantitative estimate of drug-likeness (QED) is 0.267. The van der Waals surface area contributed by atoms with Gasteiger partial charge in [-0.05, 0) is 37.6 Å². The van der Waals surface area contributed by atoms with E-state index in [1.807, 2.05) is 0 Å². The zero-order valence-corrected chi connectivity index (χ0v) is 19.2. The first-order valence-electron chi connectivity index (χ1n) is 10.5. The first-order valence-corrected chi connectivity index (χ1v) is 10.8. The van der Waals surface area contributed by atoms with Gasteiger partial charge in [0, 0.05) is 35.4 Å². The number of hydrogen-bond acceptors (Lipinski definition) is 4. The topological polar surface area (TPSA) is 77.1 Å². The molecule has 1 amide bonds. The lowest BCUT2D eigenvalue weighted by atomic mass is 10.1. The summed E-state index contributed by atoms with van der Waals surface area (Å²) in [6, 6.07) is 8.93. The number of benzene rings is 1. The number of aromatic nitrogens is 5. The van der Waals surface area contributed by atoms with E-state index in [0.717, 1.165) is 22.9 Å². The van der Waals surface area contributed by atoms with Crippen molar-refractivity contribution < 1.29 is 31.1 Å². The second-order valence-electron chi connectivity index (χ2n) is 7.83. The summed E-state index contributed by atoms with van der Waals surface area (Å²) in [5.41, 5.74) is -1.90. The standard InChI is InChI=1S/C22H17ClF6N6O/c1-12-9-17(21(24,25)26)33-34(12)8-2-7-30-20(36)16-11-19-31-15(13-3-5-14(23)6-4-13)10-18(22(27,28)29)35(19)32-16/h3-6,9-11H,2,7-8H2,1H3,(H,30,36). The Morgan fingerprint density at radius 3 is 2.31 bits per heavy atom. The number of nitrogens with one attached hydrogen (secondary N) is 1. The van der Waals surface area contributed by atoms with Crippen molar-refractivity contribution in [2.75, 3.05) is 6.54 Å². The van der Waals surface area contributed by atoms with Gasteiger partial charge < -0.3 is 5.32 Å². The lowest BCUT2D eigenvalue weighted by Gasteiger charge is -2.11. The van der Waals surface area contributed by atoms with Crippen LogP contribution in [0, 0.1) is 6.92 Å². The summed E-state index contributed by atoms with van der Waals surface area (Å²) in [6.45, 7) is 1.60. The van der Waals surface area contributed by atoms with E-state index >= 15 is 0 Å². The summed E-state index contributed by atoms with van der Waals surface area (Å²) in [6.07, 6.45) is -9.12. The van der Waals surface area contributed by atoms with E-state index in [2.05, 4.69) is 20.5 Å². The number of fused-ring (bicyclic) bond motifs is 1. The molecule has 0 fully saturated rings. The number of aryl methyl sites for hydroxylation is 2. The van der Waals surface area contributed by atoms with Crippen LogP contribution in [0.15, 0.2) is 42.5 Å². The summed E-state index contributed by atoms with van der Waals surface area (Å²) >= 11 is 5.84. The van der Waals surface area contributed by atoms with E-state index in [4.69, 9.17) is 11.6 Å². The molecule has 1 N–H and O–H groups in total. The van der Waals surface area contributed by atoms with Gasteiger partial charge in [-0.3, -0.25) is 9.48 Å². The summed E-state index contributed by atoms with van der Waals surface area (Å²) in [4.78, 5) is 16.7. The van der Waals surface area contributed by atoms with Crippen molar-refractivity contribution in [3.63, 3.8) is 0 Å². The van der Waals surface area contributed by atoms with Crippen LogP contribution in [0.2, 0.25) is 5.02 Å². The minimum atomic E-state index is -4.78. The third-order valence-electron chi connectivity index (χ3n) is 5.19. The molecule has 3 aromatic heterocycles. The summed E-state index contributed by atoms with van der Waals surface area (Å²) in [5, 5.41) is 10.2. The molecule has 14 heteroatoms. The van der Waals surface area contributed by atoms with Gasteiger partial charge in [0.1, 0.15) is 0 Å². The van der Waals surface area contributed by atoms with E-state index in [-0.39, 0.29) is 36.5 Å². The summed E-state index contributed by atoms with van der Waals surface area (Å²) in [7, 11) is 0. The maximum absolute atomic E-state index is 13.7. The minimum absolute atomic E-state index is 0.0196. The van der Waals surface area contributed by atoms with Crippen LogP contribution in [0.3, 0.4) is 0 Å². The molecule has 0 aliphatic carbocycles. The molecule has 7 nitrogen and oxygen atoms in total. The van der Waals surface area contributed by atoms with E-state index in [1.165, 1.54) is 31.2 Å². The van der Waals surface area contributed by atoms with Crippen LogP contribution in [0.5, 0.6) is 0 Å².